The second-order valence-electron chi connectivity index (χ2n) is 5.08. The Bertz CT molecular complexity index is 475. The lowest BCUT2D eigenvalue weighted by atomic mass is 10.4. The summed E-state index contributed by atoms with van der Waals surface area (Å²) in [6, 6.07) is 3.09. The van der Waals surface area contributed by atoms with E-state index >= 15 is 0 Å². The van der Waals surface area contributed by atoms with Crippen LogP contribution in [0.2, 0.25) is 25.7 Å². The van der Waals surface area contributed by atoms with Crippen LogP contribution in [0.1, 0.15) is 0 Å². The molecule has 0 aliphatic rings. The molecule has 0 aliphatic heterocycles. The Labute approximate surface area is 96.1 Å². The van der Waals surface area contributed by atoms with Gasteiger partial charge in [0.2, 0.25) is 5.88 Å². The van der Waals surface area contributed by atoms with Crippen molar-refractivity contribution in [2.75, 3.05) is 6.61 Å². The minimum absolute atomic E-state index is 0.685. The third-order valence-electron chi connectivity index (χ3n) is 2.41. The lowest BCUT2D eigenvalue weighted by Crippen LogP contribution is -2.22. The SMILES string of the molecule is C[Si](C)(C)CCOc1ncnc2[nH]ccc12. The maximum absolute atomic E-state index is 5.72. The number of nitrogens with zero attached hydrogens (tertiary/aromatic N) is 2. The highest BCUT2D eigenvalue weighted by Crippen LogP contribution is 2.20. The van der Waals surface area contributed by atoms with Crippen LogP contribution >= 0.6 is 0 Å². The van der Waals surface area contributed by atoms with Crippen LogP contribution < -0.4 is 4.74 Å². The minimum atomic E-state index is -1.04. The lowest BCUT2D eigenvalue weighted by molar-refractivity contribution is 0.329. The van der Waals surface area contributed by atoms with Gasteiger partial charge in [-0.25, -0.2) is 9.97 Å². The predicted octanol–water partition coefficient (Wildman–Crippen LogP) is 2.67. The summed E-state index contributed by atoms with van der Waals surface area (Å²) in [4.78, 5) is 11.3. The first-order valence-electron chi connectivity index (χ1n) is 5.47. The molecule has 0 amide bonds. The highest BCUT2D eigenvalue weighted by atomic mass is 28.3. The Kier molecular flexibility index (Phi) is 2.96. The van der Waals surface area contributed by atoms with Crippen LogP contribution in [0, 0.1) is 0 Å². The zero-order valence-corrected chi connectivity index (χ0v) is 10.9. The molecule has 0 saturated heterocycles. The largest absolute Gasteiger partial charge is 0.477 e. The number of rotatable bonds is 4. The van der Waals surface area contributed by atoms with Gasteiger partial charge in [-0.05, 0) is 12.1 Å². The van der Waals surface area contributed by atoms with E-state index in [0.29, 0.717) is 5.88 Å². The second-order valence-corrected chi connectivity index (χ2v) is 10.7. The van der Waals surface area contributed by atoms with E-state index in [9.17, 15) is 0 Å². The second kappa shape index (κ2) is 4.25. The molecule has 5 heteroatoms. The van der Waals surface area contributed by atoms with E-state index in [-0.39, 0.29) is 0 Å². The number of ether oxygens (including phenoxy) is 1. The van der Waals surface area contributed by atoms with Crippen LogP contribution in [0.4, 0.5) is 0 Å². The van der Waals surface area contributed by atoms with Crippen molar-refractivity contribution in [3.8, 4) is 5.88 Å². The molecule has 1 N–H and O–H groups in total. The van der Waals surface area contributed by atoms with Crippen LogP contribution in [0.15, 0.2) is 18.6 Å². The van der Waals surface area contributed by atoms with Crippen molar-refractivity contribution in [2.24, 2.45) is 0 Å². The first-order chi connectivity index (χ1) is 7.56. The van der Waals surface area contributed by atoms with Crippen molar-refractivity contribution in [2.45, 2.75) is 25.7 Å². The zero-order valence-electron chi connectivity index (χ0n) is 9.95. The Hall–Kier alpha value is -1.36. The minimum Gasteiger partial charge on any atom is -0.477 e. The number of H-pyrrole nitrogens is 1. The molecular formula is C11H17N3OSi. The monoisotopic (exact) mass is 235 g/mol. The molecule has 0 aromatic carbocycles. The molecule has 0 bridgehead atoms. The molecule has 86 valence electrons. The van der Waals surface area contributed by atoms with Gasteiger partial charge in [0.15, 0.2) is 0 Å². The van der Waals surface area contributed by atoms with E-state index in [1.165, 1.54) is 6.33 Å². The van der Waals surface area contributed by atoms with E-state index in [2.05, 4.69) is 34.6 Å². The van der Waals surface area contributed by atoms with Gasteiger partial charge in [0.05, 0.1) is 12.0 Å². The topological polar surface area (TPSA) is 50.8 Å². The quantitative estimate of drug-likeness (QED) is 0.829. The van der Waals surface area contributed by atoms with Gasteiger partial charge in [0.1, 0.15) is 12.0 Å². The summed E-state index contributed by atoms with van der Waals surface area (Å²) >= 11 is 0. The molecule has 16 heavy (non-hydrogen) atoms. The molecular weight excluding hydrogens is 218 g/mol. The summed E-state index contributed by atoms with van der Waals surface area (Å²) in [5.41, 5.74) is 0.831. The Balaban J connectivity index is 2.07. The third kappa shape index (κ3) is 2.60. The summed E-state index contributed by atoms with van der Waals surface area (Å²) in [5, 5.41) is 0.957. The first-order valence-corrected chi connectivity index (χ1v) is 9.18. The van der Waals surface area contributed by atoms with Crippen LogP contribution in [0.3, 0.4) is 0 Å². The van der Waals surface area contributed by atoms with Crippen LogP contribution in [0.5, 0.6) is 5.88 Å². The number of hydrogen-bond donors (Lipinski definition) is 1. The van der Waals surface area contributed by atoms with Gasteiger partial charge in [0, 0.05) is 14.3 Å². The summed E-state index contributed by atoms with van der Waals surface area (Å²) in [6.07, 6.45) is 3.38. The molecule has 2 rings (SSSR count). The molecule has 0 unspecified atom stereocenters. The smallest absolute Gasteiger partial charge is 0.226 e. The molecule has 0 spiro atoms. The van der Waals surface area contributed by atoms with E-state index < -0.39 is 8.07 Å². The predicted molar refractivity (Wildman–Crippen MR) is 67.5 cm³/mol. The van der Waals surface area contributed by atoms with Crippen LogP contribution in [-0.2, 0) is 0 Å². The van der Waals surface area contributed by atoms with Gasteiger partial charge >= 0.3 is 0 Å². The Morgan fingerprint density at radius 2 is 2.12 bits per heavy atom. The molecule has 2 heterocycles. The van der Waals surface area contributed by atoms with Crippen molar-refractivity contribution in [3.05, 3.63) is 18.6 Å². The number of fused-ring (bicyclic) bond motifs is 1. The molecule has 2 aromatic heterocycles. The number of aromatic nitrogens is 3. The Morgan fingerprint density at radius 1 is 1.31 bits per heavy atom. The Morgan fingerprint density at radius 3 is 2.88 bits per heavy atom. The summed E-state index contributed by atoms with van der Waals surface area (Å²) in [5.74, 6) is 0.685. The highest BCUT2D eigenvalue weighted by molar-refractivity contribution is 6.76. The van der Waals surface area contributed by atoms with Crippen molar-refractivity contribution < 1.29 is 4.74 Å². The maximum Gasteiger partial charge on any atom is 0.226 e. The normalized spacial score (nSPS) is 11.9. The van der Waals surface area contributed by atoms with Gasteiger partial charge in [-0.1, -0.05) is 19.6 Å². The fraction of sp³-hybridized carbons (Fsp3) is 0.455. The zero-order chi connectivity index (χ0) is 11.6. The highest BCUT2D eigenvalue weighted by Gasteiger charge is 2.13. The average Bonchev–Trinajstić information content (AvgIpc) is 2.64. The molecule has 0 radical (unpaired) electrons. The van der Waals surface area contributed by atoms with E-state index in [1.54, 1.807) is 0 Å². The molecule has 2 aromatic rings. The van der Waals surface area contributed by atoms with Gasteiger partial charge in [0.25, 0.3) is 0 Å². The first kappa shape index (κ1) is 11.1. The van der Waals surface area contributed by atoms with E-state index in [4.69, 9.17) is 4.74 Å². The van der Waals surface area contributed by atoms with E-state index in [0.717, 1.165) is 23.7 Å². The molecule has 4 nitrogen and oxygen atoms in total. The van der Waals surface area contributed by atoms with Gasteiger partial charge in [-0.3, -0.25) is 0 Å². The van der Waals surface area contributed by atoms with Crippen LogP contribution in [-0.4, -0.2) is 29.6 Å². The number of nitrogens with one attached hydrogen (secondary N) is 1. The van der Waals surface area contributed by atoms with Crippen molar-refractivity contribution in [1.29, 1.82) is 0 Å². The van der Waals surface area contributed by atoms with Crippen molar-refractivity contribution in [3.63, 3.8) is 0 Å². The summed E-state index contributed by atoms with van der Waals surface area (Å²) in [6.45, 7) is 7.75. The number of aromatic amines is 1. The molecule has 0 aliphatic carbocycles. The van der Waals surface area contributed by atoms with Gasteiger partial charge in [-0.2, -0.15) is 0 Å². The molecule has 0 fully saturated rings. The van der Waals surface area contributed by atoms with Gasteiger partial charge < -0.3 is 9.72 Å². The van der Waals surface area contributed by atoms with Gasteiger partial charge in [-0.15, -0.1) is 0 Å². The molecule has 0 atom stereocenters. The maximum atomic E-state index is 5.72. The number of hydrogen-bond acceptors (Lipinski definition) is 3. The summed E-state index contributed by atoms with van der Waals surface area (Å²) < 4.78 is 5.72. The standard InChI is InChI=1S/C11H17N3OSi/c1-16(2,3)7-6-15-11-9-4-5-12-10(9)13-8-14-11/h4-5,8H,6-7H2,1-3H3,(H,12,13,14). The summed E-state index contributed by atoms with van der Waals surface area (Å²) in [7, 11) is -1.04. The lowest BCUT2D eigenvalue weighted by Gasteiger charge is -2.15. The fourth-order valence-corrected chi connectivity index (χ4v) is 2.13. The average molecular weight is 235 g/mol. The van der Waals surface area contributed by atoms with Crippen molar-refractivity contribution in [1.82, 2.24) is 15.0 Å². The molecule has 0 saturated carbocycles. The van der Waals surface area contributed by atoms with Crippen LogP contribution in [0.25, 0.3) is 11.0 Å². The third-order valence-corrected chi connectivity index (χ3v) is 4.11. The van der Waals surface area contributed by atoms with Crippen molar-refractivity contribution >= 4 is 19.1 Å². The fourth-order valence-electron chi connectivity index (χ4n) is 1.42. The van der Waals surface area contributed by atoms with E-state index in [1.807, 2.05) is 12.3 Å².